The van der Waals surface area contributed by atoms with Gasteiger partial charge < -0.3 is 4.98 Å². The molecule has 0 amide bonds. The lowest BCUT2D eigenvalue weighted by Gasteiger charge is -2.05. The molecule has 0 saturated heterocycles. The van der Waals surface area contributed by atoms with Crippen molar-refractivity contribution < 1.29 is 0 Å². The highest BCUT2D eigenvalue weighted by molar-refractivity contribution is 14.1. The van der Waals surface area contributed by atoms with Crippen LogP contribution in [0.5, 0.6) is 0 Å². The predicted octanol–water partition coefficient (Wildman–Crippen LogP) is 2.92. The van der Waals surface area contributed by atoms with Crippen LogP contribution in [0.1, 0.15) is 6.92 Å². The maximum Gasteiger partial charge on any atom is 0.265 e. The van der Waals surface area contributed by atoms with Crippen molar-refractivity contribution in [3.63, 3.8) is 0 Å². The Labute approximate surface area is 135 Å². The zero-order valence-electron chi connectivity index (χ0n) is 11.4. The largest absolute Gasteiger partial charge is 0.305 e. The summed E-state index contributed by atoms with van der Waals surface area (Å²) in [6.07, 6.45) is 3.59. The van der Waals surface area contributed by atoms with Gasteiger partial charge in [0, 0.05) is 18.3 Å². The third-order valence-corrected chi connectivity index (χ3v) is 4.14. The Morgan fingerprint density at radius 2 is 2.00 bits per heavy atom. The van der Waals surface area contributed by atoms with E-state index < -0.39 is 0 Å². The Bertz CT molecular complexity index is 823. The number of aromatic amines is 1. The van der Waals surface area contributed by atoms with Gasteiger partial charge in [-0.1, -0.05) is 30.3 Å². The summed E-state index contributed by atoms with van der Waals surface area (Å²) in [4.78, 5) is 19.6. The van der Waals surface area contributed by atoms with Gasteiger partial charge in [0.1, 0.15) is 9.39 Å². The molecule has 106 valence electrons. The molecule has 0 spiro atoms. The van der Waals surface area contributed by atoms with Crippen LogP contribution < -0.4 is 5.56 Å². The van der Waals surface area contributed by atoms with E-state index in [1.807, 2.05) is 66.0 Å². The van der Waals surface area contributed by atoms with Crippen molar-refractivity contribution >= 4 is 22.6 Å². The molecule has 1 N–H and O–H groups in total. The number of hydrogen-bond donors (Lipinski definition) is 1. The Morgan fingerprint density at radius 3 is 2.67 bits per heavy atom. The standard InChI is InChI=1S/C15H13IN4O/c1-2-20-9-11(8-17-20)14-18-13(12(16)15(21)19-14)10-6-4-3-5-7-10/h3-9H,2H2,1H3,(H,18,19,21). The van der Waals surface area contributed by atoms with Gasteiger partial charge in [0.15, 0.2) is 0 Å². The van der Waals surface area contributed by atoms with Crippen LogP contribution in [0.4, 0.5) is 0 Å². The van der Waals surface area contributed by atoms with Crippen molar-refractivity contribution in [2.24, 2.45) is 0 Å². The van der Waals surface area contributed by atoms with E-state index in [4.69, 9.17) is 0 Å². The summed E-state index contributed by atoms with van der Waals surface area (Å²) in [5.74, 6) is 0.541. The average molecular weight is 392 g/mol. The van der Waals surface area contributed by atoms with Gasteiger partial charge in [-0.3, -0.25) is 9.48 Å². The second-order valence-electron chi connectivity index (χ2n) is 4.53. The molecule has 0 saturated carbocycles. The lowest BCUT2D eigenvalue weighted by molar-refractivity contribution is 0.660. The Morgan fingerprint density at radius 1 is 1.24 bits per heavy atom. The molecule has 0 aliphatic carbocycles. The molecule has 2 aromatic heterocycles. The van der Waals surface area contributed by atoms with Gasteiger partial charge in [-0.05, 0) is 29.5 Å². The average Bonchev–Trinajstić information content (AvgIpc) is 3.00. The van der Waals surface area contributed by atoms with Gasteiger partial charge >= 0.3 is 0 Å². The van der Waals surface area contributed by atoms with E-state index in [-0.39, 0.29) is 5.56 Å². The van der Waals surface area contributed by atoms with Gasteiger partial charge in [-0.2, -0.15) is 5.10 Å². The SMILES string of the molecule is CCn1cc(-c2nc(-c3ccccc3)c(I)c(=O)[nH]2)cn1. The Kier molecular flexibility index (Phi) is 3.87. The molecule has 0 unspecified atom stereocenters. The van der Waals surface area contributed by atoms with E-state index in [2.05, 4.69) is 15.1 Å². The van der Waals surface area contributed by atoms with Crippen molar-refractivity contribution in [1.82, 2.24) is 19.7 Å². The third-order valence-electron chi connectivity index (χ3n) is 3.14. The minimum atomic E-state index is -0.135. The quantitative estimate of drug-likeness (QED) is 0.698. The predicted molar refractivity (Wildman–Crippen MR) is 89.9 cm³/mol. The summed E-state index contributed by atoms with van der Waals surface area (Å²) in [7, 11) is 0. The monoisotopic (exact) mass is 392 g/mol. The summed E-state index contributed by atoms with van der Waals surface area (Å²) >= 11 is 2.03. The fourth-order valence-corrected chi connectivity index (χ4v) is 2.61. The molecule has 6 heteroatoms. The summed E-state index contributed by atoms with van der Waals surface area (Å²) in [6, 6.07) is 9.70. The molecule has 1 aromatic carbocycles. The molecule has 21 heavy (non-hydrogen) atoms. The van der Waals surface area contributed by atoms with Crippen molar-refractivity contribution in [2.45, 2.75) is 13.5 Å². The van der Waals surface area contributed by atoms with Crippen LogP contribution in [0.25, 0.3) is 22.6 Å². The smallest absolute Gasteiger partial charge is 0.265 e. The highest BCUT2D eigenvalue weighted by atomic mass is 127. The molecule has 0 aliphatic rings. The van der Waals surface area contributed by atoms with Crippen molar-refractivity contribution in [1.29, 1.82) is 0 Å². The number of benzene rings is 1. The number of halogens is 1. The lowest BCUT2D eigenvalue weighted by atomic mass is 10.1. The normalized spacial score (nSPS) is 10.8. The fraction of sp³-hybridized carbons (Fsp3) is 0.133. The van der Waals surface area contributed by atoms with E-state index in [0.717, 1.165) is 17.7 Å². The first-order chi connectivity index (χ1) is 10.2. The molecular formula is C15H13IN4O. The molecule has 5 nitrogen and oxygen atoms in total. The van der Waals surface area contributed by atoms with Crippen LogP contribution in [0.15, 0.2) is 47.5 Å². The molecule has 0 fully saturated rings. The first-order valence-electron chi connectivity index (χ1n) is 6.57. The highest BCUT2D eigenvalue weighted by Gasteiger charge is 2.13. The zero-order chi connectivity index (χ0) is 14.8. The minimum absolute atomic E-state index is 0.135. The van der Waals surface area contributed by atoms with E-state index in [9.17, 15) is 4.79 Å². The molecule has 3 aromatic rings. The zero-order valence-corrected chi connectivity index (χ0v) is 13.5. The fourth-order valence-electron chi connectivity index (χ4n) is 2.04. The van der Waals surface area contributed by atoms with Crippen molar-refractivity contribution in [3.05, 3.63) is 56.6 Å². The van der Waals surface area contributed by atoms with E-state index in [0.29, 0.717) is 15.1 Å². The van der Waals surface area contributed by atoms with E-state index in [1.165, 1.54) is 0 Å². The minimum Gasteiger partial charge on any atom is -0.305 e. The molecule has 0 aliphatic heterocycles. The molecule has 0 radical (unpaired) electrons. The van der Waals surface area contributed by atoms with Gasteiger partial charge in [0.05, 0.1) is 17.5 Å². The van der Waals surface area contributed by atoms with Crippen LogP contribution in [-0.2, 0) is 6.54 Å². The van der Waals surface area contributed by atoms with Crippen LogP contribution in [0, 0.1) is 3.57 Å². The lowest BCUT2D eigenvalue weighted by Crippen LogP contribution is -2.14. The molecule has 3 rings (SSSR count). The van der Waals surface area contributed by atoms with Crippen LogP contribution in [-0.4, -0.2) is 19.7 Å². The number of hydrogen-bond acceptors (Lipinski definition) is 3. The summed E-state index contributed by atoms with van der Waals surface area (Å²) in [6.45, 7) is 2.79. The van der Waals surface area contributed by atoms with Gasteiger partial charge in [0.2, 0.25) is 0 Å². The second-order valence-corrected chi connectivity index (χ2v) is 5.61. The van der Waals surface area contributed by atoms with E-state index in [1.54, 1.807) is 10.9 Å². The van der Waals surface area contributed by atoms with Crippen LogP contribution >= 0.6 is 22.6 Å². The van der Waals surface area contributed by atoms with E-state index >= 15 is 0 Å². The third kappa shape index (κ3) is 2.76. The molecule has 2 heterocycles. The van der Waals surface area contributed by atoms with Gasteiger partial charge in [0.25, 0.3) is 5.56 Å². The number of H-pyrrole nitrogens is 1. The van der Waals surface area contributed by atoms with Gasteiger partial charge in [-0.25, -0.2) is 4.98 Å². The number of nitrogens with zero attached hydrogens (tertiary/aromatic N) is 3. The number of aryl methyl sites for hydroxylation is 1. The Hall–Kier alpha value is -1.96. The van der Waals surface area contributed by atoms with Crippen LogP contribution in [0.3, 0.4) is 0 Å². The molecular weight excluding hydrogens is 379 g/mol. The number of nitrogens with one attached hydrogen (secondary N) is 1. The summed E-state index contributed by atoms with van der Waals surface area (Å²) in [5.41, 5.74) is 2.29. The Balaban J connectivity index is 2.16. The number of aromatic nitrogens is 4. The van der Waals surface area contributed by atoms with Crippen molar-refractivity contribution in [3.8, 4) is 22.6 Å². The summed E-state index contributed by atoms with van der Waals surface area (Å²) in [5, 5.41) is 4.22. The van der Waals surface area contributed by atoms with Gasteiger partial charge in [-0.15, -0.1) is 0 Å². The summed E-state index contributed by atoms with van der Waals surface area (Å²) < 4.78 is 2.39. The molecule has 0 atom stereocenters. The number of rotatable bonds is 3. The maximum absolute atomic E-state index is 12.2. The topological polar surface area (TPSA) is 63.6 Å². The van der Waals surface area contributed by atoms with Crippen LogP contribution in [0.2, 0.25) is 0 Å². The van der Waals surface area contributed by atoms with Crippen molar-refractivity contribution in [2.75, 3.05) is 0 Å². The maximum atomic E-state index is 12.2. The second kappa shape index (κ2) is 5.80. The first-order valence-corrected chi connectivity index (χ1v) is 7.65. The first kappa shape index (κ1) is 14.0. The highest BCUT2D eigenvalue weighted by Crippen LogP contribution is 2.23. The molecule has 0 bridgehead atoms.